The first-order chi connectivity index (χ1) is 24.8. The van der Waals surface area contributed by atoms with Gasteiger partial charge in [0.15, 0.2) is 0 Å². The summed E-state index contributed by atoms with van der Waals surface area (Å²) in [5, 5.41) is 9.93. The number of anilines is 3. The number of nitrogens with zero attached hydrogens (tertiary/aromatic N) is 1. The molecule has 234 valence electrons. The molecule has 0 aliphatic heterocycles. The third-order valence-electron chi connectivity index (χ3n) is 10.0. The zero-order chi connectivity index (χ0) is 33.0. The predicted octanol–water partition coefficient (Wildman–Crippen LogP) is 13.8. The second-order valence-electron chi connectivity index (χ2n) is 13.0. The Bertz CT molecular complexity index is 2870. The molecule has 0 atom stereocenters. The first-order valence-corrected chi connectivity index (χ1v) is 17.1. The van der Waals surface area contributed by atoms with E-state index in [9.17, 15) is 0 Å². The molecular weight excluding hydrogens is 607 g/mol. The Labute approximate surface area is 290 Å². The van der Waals surface area contributed by atoms with Gasteiger partial charge in [-0.1, -0.05) is 133 Å². The van der Waals surface area contributed by atoms with Crippen molar-refractivity contribution in [3.8, 4) is 22.3 Å². The summed E-state index contributed by atoms with van der Waals surface area (Å²) < 4.78 is 6.34. The van der Waals surface area contributed by atoms with E-state index < -0.39 is 0 Å². The van der Waals surface area contributed by atoms with Gasteiger partial charge in [0.2, 0.25) is 0 Å². The van der Waals surface area contributed by atoms with Crippen LogP contribution in [0.5, 0.6) is 0 Å². The minimum atomic E-state index is 0.876. The van der Waals surface area contributed by atoms with Gasteiger partial charge in [0.1, 0.15) is 11.2 Å². The number of rotatable bonds is 5. The van der Waals surface area contributed by atoms with Crippen LogP contribution in [0.3, 0.4) is 0 Å². The molecule has 10 aromatic rings. The van der Waals surface area contributed by atoms with E-state index >= 15 is 0 Å². The highest BCUT2D eigenvalue weighted by atomic mass is 16.3. The quantitative estimate of drug-likeness (QED) is 0.175. The van der Waals surface area contributed by atoms with Crippen molar-refractivity contribution in [2.24, 2.45) is 0 Å². The molecule has 0 fully saturated rings. The van der Waals surface area contributed by atoms with Crippen molar-refractivity contribution < 1.29 is 4.42 Å². The lowest BCUT2D eigenvalue weighted by atomic mass is 9.95. The molecule has 0 unspecified atom stereocenters. The van der Waals surface area contributed by atoms with Gasteiger partial charge in [0.05, 0.1) is 0 Å². The molecule has 10 rings (SSSR count). The van der Waals surface area contributed by atoms with Gasteiger partial charge in [-0.25, -0.2) is 0 Å². The Hall–Kier alpha value is -6.64. The fourth-order valence-electron chi connectivity index (χ4n) is 7.57. The molecule has 1 aromatic heterocycles. The second-order valence-corrected chi connectivity index (χ2v) is 13.0. The minimum absolute atomic E-state index is 0.876. The standard InChI is InChI=1S/C48H31NO/c1-2-9-32(10-3-1)35-12-8-13-39(30-35)49(40-24-28-46-45-15-6-7-16-47(45)50-48(46)31-40)38-22-17-33(18-23-38)36-20-25-42-37(29-36)21-27-43-41-14-5-4-11-34(41)19-26-44(42)43/h1-31H. The maximum absolute atomic E-state index is 6.34. The van der Waals surface area contributed by atoms with Crippen molar-refractivity contribution in [3.05, 3.63) is 188 Å². The van der Waals surface area contributed by atoms with E-state index in [1.807, 2.05) is 12.1 Å². The van der Waals surface area contributed by atoms with Crippen molar-refractivity contribution in [1.82, 2.24) is 0 Å². The highest BCUT2D eigenvalue weighted by molar-refractivity contribution is 6.17. The lowest BCUT2D eigenvalue weighted by molar-refractivity contribution is 0.669. The largest absolute Gasteiger partial charge is 0.456 e. The van der Waals surface area contributed by atoms with Crippen LogP contribution in [0.15, 0.2) is 192 Å². The number of furan rings is 1. The molecule has 2 heteroatoms. The Balaban J connectivity index is 1.07. The van der Waals surface area contributed by atoms with Gasteiger partial charge in [-0.05, 0) is 103 Å². The zero-order valence-corrected chi connectivity index (χ0v) is 27.3. The molecule has 0 spiro atoms. The molecule has 2 nitrogen and oxygen atoms in total. The average molecular weight is 638 g/mol. The van der Waals surface area contributed by atoms with Crippen LogP contribution in [-0.2, 0) is 0 Å². The molecule has 0 radical (unpaired) electrons. The van der Waals surface area contributed by atoms with Crippen LogP contribution in [0.2, 0.25) is 0 Å². The maximum atomic E-state index is 6.34. The third kappa shape index (κ3) is 4.73. The summed E-state index contributed by atoms with van der Waals surface area (Å²) in [7, 11) is 0. The highest BCUT2D eigenvalue weighted by Crippen LogP contribution is 2.41. The predicted molar refractivity (Wildman–Crippen MR) is 212 cm³/mol. The summed E-state index contributed by atoms with van der Waals surface area (Å²) >= 11 is 0. The number of fused-ring (bicyclic) bond motifs is 8. The molecule has 0 amide bonds. The summed E-state index contributed by atoms with van der Waals surface area (Å²) in [5.41, 5.74) is 9.72. The van der Waals surface area contributed by atoms with Crippen molar-refractivity contribution in [2.75, 3.05) is 4.90 Å². The third-order valence-corrected chi connectivity index (χ3v) is 10.0. The van der Waals surface area contributed by atoms with Crippen molar-refractivity contribution >= 4 is 71.3 Å². The number of benzene rings is 9. The summed E-state index contributed by atoms with van der Waals surface area (Å²) in [5.74, 6) is 0. The van der Waals surface area contributed by atoms with Crippen LogP contribution in [0.25, 0.3) is 76.5 Å². The molecule has 0 N–H and O–H groups in total. The molecule has 0 saturated carbocycles. The van der Waals surface area contributed by atoms with Gasteiger partial charge < -0.3 is 9.32 Å². The summed E-state index contributed by atoms with van der Waals surface area (Å²) in [6, 6.07) is 67.5. The molecule has 50 heavy (non-hydrogen) atoms. The molecule has 1 heterocycles. The van der Waals surface area contributed by atoms with Crippen molar-refractivity contribution in [2.45, 2.75) is 0 Å². The Morgan fingerprint density at radius 2 is 0.840 bits per heavy atom. The second kappa shape index (κ2) is 11.5. The Morgan fingerprint density at radius 3 is 1.70 bits per heavy atom. The lowest BCUT2D eigenvalue weighted by Gasteiger charge is -2.26. The minimum Gasteiger partial charge on any atom is -0.456 e. The van der Waals surface area contributed by atoms with Gasteiger partial charge in [0.25, 0.3) is 0 Å². The van der Waals surface area contributed by atoms with E-state index in [1.165, 1.54) is 54.6 Å². The Morgan fingerprint density at radius 1 is 0.280 bits per heavy atom. The summed E-state index contributed by atoms with van der Waals surface area (Å²) in [6.45, 7) is 0. The van der Waals surface area contributed by atoms with Crippen LogP contribution in [0, 0.1) is 0 Å². The van der Waals surface area contributed by atoms with Gasteiger partial charge in [-0.3, -0.25) is 0 Å². The lowest BCUT2D eigenvalue weighted by Crippen LogP contribution is -2.10. The smallest absolute Gasteiger partial charge is 0.137 e. The van der Waals surface area contributed by atoms with E-state index in [1.54, 1.807) is 0 Å². The van der Waals surface area contributed by atoms with Crippen molar-refractivity contribution in [3.63, 3.8) is 0 Å². The van der Waals surface area contributed by atoms with E-state index in [0.717, 1.165) is 39.0 Å². The molecule has 0 saturated heterocycles. The van der Waals surface area contributed by atoms with Crippen LogP contribution in [0.1, 0.15) is 0 Å². The average Bonchev–Trinajstić information content (AvgIpc) is 3.56. The van der Waals surface area contributed by atoms with E-state index in [2.05, 4.69) is 181 Å². The molecule has 9 aromatic carbocycles. The number of para-hydroxylation sites is 1. The zero-order valence-electron chi connectivity index (χ0n) is 27.3. The number of hydrogen-bond donors (Lipinski definition) is 0. The van der Waals surface area contributed by atoms with Crippen molar-refractivity contribution in [1.29, 1.82) is 0 Å². The van der Waals surface area contributed by atoms with Crippen LogP contribution < -0.4 is 4.90 Å². The SMILES string of the molecule is c1ccc(-c2cccc(N(c3ccc(-c4ccc5c(ccc6c7ccccc7ccc56)c4)cc3)c3ccc4c(c3)oc3ccccc34)c2)cc1. The van der Waals surface area contributed by atoms with E-state index in [4.69, 9.17) is 4.42 Å². The molecule has 0 aliphatic carbocycles. The topological polar surface area (TPSA) is 16.4 Å². The van der Waals surface area contributed by atoms with Gasteiger partial charge in [-0.15, -0.1) is 0 Å². The Kier molecular flexibility index (Phi) is 6.53. The molecular formula is C48H31NO. The summed E-state index contributed by atoms with van der Waals surface area (Å²) in [4.78, 5) is 2.32. The van der Waals surface area contributed by atoms with E-state index in [0.29, 0.717) is 0 Å². The van der Waals surface area contributed by atoms with E-state index in [-0.39, 0.29) is 0 Å². The number of hydrogen-bond acceptors (Lipinski definition) is 2. The first-order valence-electron chi connectivity index (χ1n) is 17.1. The van der Waals surface area contributed by atoms with Crippen LogP contribution in [0.4, 0.5) is 17.1 Å². The summed E-state index contributed by atoms with van der Waals surface area (Å²) in [6.07, 6.45) is 0. The monoisotopic (exact) mass is 637 g/mol. The molecule has 0 bridgehead atoms. The van der Waals surface area contributed by atoms with Crippen LogP contribution in [-0.4, -0.2) is 0 Å². The maximum Gasteiger partial charge on any atom is 0.137 e. The van der Waals surface area contributed by atoms with Gasteiger partial charge in [-0.2, -0.15) is 0 Å². The van der Waals surface area contributed by atoms with Gasteiger partial charge >= 0.3 is 0 Å². The normalized spacial score (nSPS) is 11.6. The highest BCUT2D eigenvalue weighted by Gasteiger charge is 2.17. The fraction of sp³-hybridized carbons (Fsp3) is 0. The van der Waals surface area contributed by atoms with Crippen LogP contribution >= 0.6 is 0 Å². The first kappa shape index (κ1) is 28.4. The van der Waals surface area contributed by atoms with Gasteiger partial charge in [0, 0.05) is 33.9 Å². The molecule has 0 aliphatic rings. The fourth-order valence-corrected chi connectivity index (χ4v) is 7.57.